The molecule has 2 aliphatic rings. The van der Waals surface area contributed by atoms with Crippen LogP contribution < -0.4 is 16.0 Å². The maximum Gasteiger partial charge on any atom is 0.324 e. The highest BCUT2D eigenvalue weighted by Gasteiger charge is 2.28. The Morgan fingerprint density at radius 1 is 1.40 bits per heavy atom. The minimum atomic E-state index is -0.755. The second kappa shape index (κ2) is 10.9. The van der Waals surface area contributed by atoms with Crippen molar-refractivity contribution in [3.05, 3.63) is 0 Å². The fraction of sp³-hybridized carbons (Fsp3) is 0.800. The number of hydrogen-bond donors (Lipinski definition) is 3. The molecule has 3 N–H and O–H groups in total. The number of hydrogen-bond acceptors (Lipinski definition) is 4. The standard InChI is InChI=1S/C15H27N5O3S.HI/c1-3-24(23)12-6-4-5-11(9-12)19-14(16-2)17-7-8-20-13(21)10-18-15(20)22;/h11-12H,3-10H2,1-2H3,(H,18,22)(H2,16,17,19);1H. The molecule has 10 heteroatoms. The number of nitrogens with one attached hydrogen (secondary N) is 3. The summed E-state index contributed by atoms with van der Waals surface area (Å²) in [5.74, 6) is 1.15. The fourth-order valence-electron chi connectivity index (χ4n) is 3.11. The van der Waals surface area contributed by atoms with Crippen molar-refractivity contribution in [2.75, 3.05) is 32.4 Å². The Morgan fingerprint density at radius 2 is 2.16 bits per heavy atom. The van der Waals surface area contributed by atoms with Crippen molar-refractivity contribution in [1.82, 2.24) is 20.9 Å². The van der Waals surface area contributed by atoms with Crippen LogP contribution in [-0.4, -0.2) is 70.7 Å². The molecule has 0 spiro atoms. The number of nitrogens with zero attached hydrogens (tertiary/aromatic N) is 2. The van der Waals surface area contributed by atoms with Gasteiger partial charge in [0.25, 0.3) is 0 Å². The van der Waals surface area contributed by atoms with Crippen LogP contribution in [0, 0.1) is 0 Å². The van der Waals surface area contributed by atoms with Crippen molar-refractivity contribution in [3.8, 4) is 0 Å². The summed E-state index contributed by atoms with van der Waals surface area (Å²) in [6, 6.07) is -0.0934. The Balaban J connectivity index is 0.00000312. The molecule has 0 radical (unpaired) electrons. The molecule has 3 amide bonds. The van der Waals surface area contributed by atoms with Gasteiger partial charge in [-0.2, -0.15) is 0 Å². The highest BCUT2D eigenvalue weighted by atomic mass is 127. The molecule has 144 valence electrons. The molecule has 2 fully saturated rings. The Morgan fingerprint density at radius 3 is 2.76 bits per heavy atom. The molecule has 25 heavy (non-hydrogen) atoms. The summed E-state index contributed by atoms with van der Waals surface area (Å²) < 4.78 is 12.0. The van der Waals surface area contributed by atoms with E-state index < -0.39 is 10.8 Å². The van der Waals surface area contributed by atoms with Crippen LogP contribution in [0.5, 0.6) is 0 Å². The van der Waals surface area contributed by atoms with Crippen molar-refractivity contribution >= 4 is 52.7 Å². The number of rotatable bonds is 6. The monoisotopic (exact) mass is 485 g/mol. The average molecular weight is 485 g/mol. The molecule has 8 nitrogen and oxygen atoms in total. The lowest BCUT2D eigenvalue weighted by Crippen LogP contribution is -2.48. The molecule has 1 heterocycles. The first kappa shape index (κ1) is 22.1. The summed E-state index contributed by atoms with van der Waals surface area (Å²) in [7, 11) is 0.933. The molecule has 1 saturated heterocycles. The highest BCUT2D eigenvalue weighted by Crippen LogP contribution is 2.22. The lowest BCUT2D eigenvalue weighted by Gasteiger charge is -2.30. The van der Waals surface area contributed by atoms with E-state index in [0.717, 1.165) is 25.7 Å². The third-order valence-corrected chi connectivity index (χ3v) is 6.15. The molecular formula is C15H28IN5O3S. The number of amides is 3. The zero-order valence-electron chi connectivity index (χ0n) is 14.7. The number of halogens is 1. The van der Waals surface area contributed by atoms with Gasteiger partial charge in [-0.15, -0.1) is 24.0 Å². The molecule has 0 aromatic carbocycles. The number of guanidine groups is 1. The number of carbonyl (C=O) groups excluding carboxylic acids is 2. The smallest absolute Gasteiger partial charge is 0.324 e. The minimum absolute atomic E-state index is 0. The Kier molecular flexibility index (Phi) is 9.69. The summed E-state index contributed by atoms with van der Waals surface area (Å²) in [5, 5.41) is 9.24. The van der Waals surface area contributed by atoms with Gasteiger partial charge >= 0.3 is 6.03 Å². The van der Waals surface area contributed by atoms with E-state index >= 15 is 0 Å². The number of urea groups is 1. The van der Waals surface area contributed by atoms with Crippen molar-refractivity contribution < 1.29 is 13.8 Å². The van der Waals surface area contributed by atoms with Gasteiger partial charge < -0.3 is 16.0 Å². The average Bonchev–Trinajstić information content (AvgIpc) is 2.92. The zero-order valence-corrected chi connectivity index (χ0v) is 17.9. The predicted molar refractivity (Wildman–Crippen MR) is 110 cm³/mol. The summed E-state index contributed by atoms with van der Waals surface area (Å²) in [6.45, 7) is 2.78. The Hall–Kier alpha value is -0.910. The van der Waals surface area contributed by atoms with E-state index in [-0.39, 0.29) is 53.8 Å². The van der Waals surface area contributed by atoms with Crippen molar-refractivity contribution in [1.29, 1.82) is 0 Å². The van der Waals surface area contributed by atoms with Gasteiger partial charge in [0.2, 0.25) is 5.91 Å². The molecule has 3 atom stereocenters. The maximum absolute atomic E-state index is 12.0. The number of carbonyl (C=O) groups is 2. The van der Waals surface area contributed by atoms with Crippen LogP contribution in [0.15, 0.2) is 4.99 Å². The normalized spacial score (nSPS) is 25.2. The van der Waals surface area contributed by atoms with Crippen molar-refractivity contribution in [2.24, 2.45) is 4.99 Å². The topological polar surface area (TPSA) is 103 Å². The summed E-state index contributed by atoms with van der Waals surface area (Å²) >= 11 is 0. The maximum atomic E-state index is 12.0. The van der Waals surface area contributed by atoms with E-state index in [1.165, 1.54) is 4.90 Å². The highest BCUT2D eigenvalue weighted by molar-refractivity contribution is 14.0. The Bertz CT molecular complexity index is 515. The van der Waals surface area contributed by atoms with Gasteiger partial charge in [-0.1, -0.05) is 13.3 Å². The van der Waals surface area contributed by atoms with Crippen molar-refractivity contribution in [3.63, 3.8) is 0 Å². The van der Waals surface area contributed by atoms with Gasteiger partial charge in [0, 0.05) is 48.0 Å². The van der Waals surface area contributed by atoms with Crippen LogP contribution >= 0.6 is 24.0 Å². The van der Waals surface area contributed by atoms with Crippen LogP contribution in [-0.2, 0) is 15.6 Å². The molecule has 1 aliphatic heterocycles. The van der Waals surface area contributed by atoms with E-state index in [4.69, 9.17) is 0 Å². The van der Waals surface area contributed by atoms with Crippen molar-refractivity contribution in [2.45, 2.75) is 43.9 Å². The van der Waals surface area contributed by atoms with Gasteiger partial charge in [0.1, 0.15) is 0 Å². The fourth-order valence-corrected chi connectivity index (χ4v) is 4.45. The van der Waals surface area contributed by atoms with E-state index in [1.54, 1.807) is 7.05 Å². The Labute approximate surface area is 168 Å². The van der Waals surface area contributed by atoms with Gasteiger partial charge in [0.05, 0.1) is 6.54 Å². The first-order valence-electron chi connectivity index (χ1n) is 8.47. The second-order valence-electron chi connectivity index (χ2n) is 6.00. The van der Waals surface area contributed by atoms with E-state index in [9.17, 15) is 13.8 Å². The quantitative estimate of drug-likeness (QED) is 0.219. The molecule has 0 bridgehead atoms. The number of aliphatic imine (C=N–C) groups is 1. The van der Waals surface area contributed by atoms with Crippen LogP contribution in [0.2, 0.25) is 0 Å². The molecule has 2 rings (SSSR count). The van der Waals surface area contributed by atoms with E-state index in [2.05, 4.69) is 20.9 Å². The lowest BCUT2D eigenvalue weighted by molar-refractivity contribution is -0.124. The van der Waals surface area contributed by atoms with Crippen LogP contribution in [0.1, 0.15) is 32.6 Å². The van der Waals surface area contributed by atoms with Gasteiger partial charge in [-0.05, 0) is 19.3 Å². The zero-order chi connectivity index (χ0) is 17.5. The van der Waals surface area contributed by atoms with Crippen LogP contribution in [0.25, 0.3) is 0 Å². The first-order valence-corrected chi connectivity index (χ1v) is 9.86. The predicted octanol–water partition coefficient (Wildman–Crippen LogP) is 0.401. The van der Waals surface area contributed by atoms with Crippen LogP contribution in [0.3, 0.4) is 0 Å². The summed E-state index contributed by atoms with van der Waals surface area (Å²) in [5.41, 5.74) is 0. The molecule has 3 unspecified atom stereocenters. The molecule has 1 saturated carbocycles. The van der Waals surface area contributed by atoms with Gasteiger partial charge in [-0.3, -0.25) is 18.9 Å². The summed E-state index contributed by atoms with van der Waals surface area (Å²) in [4.78, 5) is 28.4. The number of imide groups is 1. The SMILES string of the molecule is CCS(=O)C1CCCC(NC(=NC)NCCN2C(=O)CNC2=O)C1.I. The molecule has 0 aromatic heterocycles. The third kappa shape index (κ3) is 6.39. The largest absolute Gasteiger partial charge is 0.355 e. The minimum Gasteiger partial charge on any atom is -0.355 e. The van der Waals surface area contributed by atoms with Gasteiger partial charge in [-0.25, -0.2) is 4.79 Å². The lowest BCUT2D eigenvalue weighted by atomic mass is 9.95. The van der Waals surface area contributed by atoms with Crippen LogP contribution in [0.4, 0.5) is 4.79 Å². The third-order valence-electron chi connectivity index (χ3n) is 4.41. The first-order chi connectivity index (χ1) is 11.5. The summed E-state index contributed by atoms with van der Waals surface area (Å²) in [6.07, 6.45) is 4.00. The second-order valence-corrected chi connectivity index (χ2v) is 8.01. The molecular weight excluding hydrogens is 457 g/mol. The molecule has 0 aromatic rings. The van der Waals surface area contributed by atoms with Gasteiger partial charge in [0.15, 0.2) is 5.96 Å². The van der Waals surface area contributed by atoms with E-state index in [0.29, 0.717) is 24.8 Å². The van der Waals surface area contributed by atoms with E-state index in [1.807, 2.05) is 6.92 Å². The molecule has 1 aliphatic carbocycles.